The third-order valence-corrected chi connectivity index (χ3v) is 3.07. The van der Waals surface area contributed by atoms with Gasteiger partial charge in [0.1, 0.15) is 5.82 Å². The Hall–Kier alpha value is -1.26. The number of hydrogen-bond donors (Lipinski definition) is 0. The van der Waals surface area contributed by atoms with Crippen molar-refractivity contribution in [2.75, 3.05) is 0 Å². The molecule has 2 aromatic rings. The van der Waals surface area contributed by atoms with E-state index in [1.165, 1.54) is 9.25 Å². The molecule has 0 N–H and O–H groups in total. The molecule has 6 heteroatoms. The van der Waals surface area contributed by atoms with Gasteiger partial charge in [0.2, 0.25) is 0 Å². The van der Waals surface area contributed by atoms with Gasteiger partial charge in [0.15, 0.2) is 0 Å². The van der Waals surface area contributed by atoms with Gasteiger partial charge in [0.05, 0.1) is 15.7 Å². The van der Waals surface area contributed by atoms with Crippen molar-refractivity contribution in [2.24, 2.45) is 7.05 Å². The average Bonchev–Trinajstić information content (AvgIpc) is 2.47. The number of aromatic nitrogens is 3. The summed E-state index contributed by atoms with van der Waals surface area (Å²) in [6, 6.07) is 5.14. The number of benzene rings is 1. The van der Waals surface area contributed by atoms with Gasteiger partial charge in [-0.15, -0.1) is 0 Å². The zero-order chi connectivity index (χ0) is 11.9. The topological polar surface area (TPSA) is 39.8 Å². The van der Waals surface area contributed by atoms with Crippen molar-refractivity contribution < 1.29 is 0 Å². The lowest BCUT2D eigenvalue weighted by molar-refractivity contribution is 0.723. The number of nitrogens with zero attached hydrogens (tertiary/aromatic N) is 3. The SMILES string of the molecule is Cc1nn(C)c(=O)n1-c1cccc(Cl)c1Cl. The van der Waals surface area contributed by atoms with E-state index in [0.29, 0.717) is 21.6 Å². The lowest BCUT2D eigenvalue weighted by atomic mass is 10.3. The molecule has 2 rings (SSSR count). The van der Waals surface area contributed by atoms with E-state index in [9.17, 15) is 4.79 Å². The van der Waals surface area contributed by atoms with Gasteiger partial charge in [-0.25, -0.2) is 14.0 Å². The van der Waals surface area contributed by atoms with E-state index in [4.69, 9.17) is 23.2 Å². The minimum Gasteiger partial charge on any atom is -0.246 e. The fraction of sp³-hybridized carbons (Fsp3) is 0.200. The van der Waals surface area contributed by atoms with Crippen molar-refractivity contribution in [3.8, 4) is 5.69 Å². The molecule has 0 aliphatic heterocycles. The average molecular weight is 258 g/mol. The quantitative estimate of drug-likeness (QED) is 0.786. The minimum absolute atomic E-state index is 0.248. The van der Waals surface area contributed by atoms with Gasteiger partial charge >= 0.3 is 5.69 Å². The molecular formula is C10H9Cl2N3O. The van der Waals surface area contributed by atoms with Crippen LogP contribution in [-0.2, 0) is 7.05 Å². The van der Waals surface area contributed by atoms with Gasteiger partial charge in [-0.1, -0.05) is 29.3 Å². The van der Waals surface area contributed by atoms with Crippen molar-refractivity contribution in [2.45, 2.75) is 6.92 Å². The second-order valence-corrected chi connectivity index (χ2v) is 4.15. The van der Waals surface area contributed by atoms with Gasteiger partial charge in [-0.3, -0.25) is 0 Å². The molecule has 0 aliphatic carbocycles. The van der Waals surface area contributed by atoms with Gasteiger partial charge in [0.25, 0.3) is 0 Å². The van der Waals surface area contributed by atoms with E-state index in [1.807, 2.05) is 0 Å². The molecule has 16 heavy (non-hydrogen) atoms. The Bertz CT molecular complexity index is 601. The van der Waals surface area contributed by atoms with E-state index in [2.05, 4.69) is 5.10 Å². The van der Waals surface area contributed by atoms with E-state index in [-0.39, 0.29) is 5.69 Å². The highest BCUT2D eigenvalue weighted by molar-refractivity contribution is 6.43. The third-order valence-electron chi connectivity index (χ3n) is 2.26. The predicted molar refractivity (Wildman–Crippen MR) is 63.6 cm³/mol. The summed E-state index contributed by atoms with van der Waals surface area (Å²) in [5.74, 6) is 0.566. The van der Waals surface area contributed by atoms with Crippen LogP contribution >= 0.6 is 23.2 Å². The molecule has 84 valence electrons. The van der Waals surface area contributed by atoms with Crippen LogP contribution in [0.5, 0.6) is 0 Å². The second-order valence-electron chi connectivity index (χ2n) is 3.36. The Labute approximate surface area is 102 Å². The van der Waals surface area contributed by atoms with E-state index >= 15 is 0 Å². The molecule has 0 fully saturated rings. The first-order valence-corrected chi connectivity index (χ1v) is 5.35. The summed E-state index contributed by atoms with van der Waals surface area (Å²) >= 11 is 12.0. The normalized spacial score (nSPS) is 10.8. The maximum Gasteiger partial charge on any atom is 0.350 e. The zero-order valence-electron chi connectivity index (χ0n) is 8.74. The number of aryl methyl sites for hydroxylation is 2. The van der Waals surface area contributed by atoms with Gasteiger partial charge < -0.3 is 0 Å². The molecule has 0 spiro atoms. The Morgan fingerprint density at radius 2 is 2.00 bits per heavy atom. The standard InChI is InChI=1S/C10H9Cl2N3O/c1-6-13-14(2)10(16)15(6)8-5-3-4-7(11)9(8)12/h3-5H,1-2H3. The van der Waals surface area contributed by atoms with Gasteiger partial charge in [0, 0.05) is 7.05 Å². The van der Waals surface area contributed by atoms with Crippen molar-refractivity contribution in [3.05, 3.63) is 44.6 Å². The highest BCUT2D eigenvalue weighted by Crippen LogP contribution is 2.27. The summed E-state index contributed by atoms with van der Waals surface area (Å²) in [6.07, 6.45) is 0. The third kappa shape index (κ3) is 1.64. The fourth-order valence-corrected chi connectivity index (χ4v) is 1.91. The summed E-state index contributed by atoms with van der Waals surface area (Å²) in [7, 11) is 1.59. The maximum absolute atomic E-state index is 11.8. The van der Waals surface area contributed by atoms with Crippen molar-refractivity contribution in [3.63, 3.8) is 0 Å². The summed E-state index contributed by atoms with van der Waals surface area (Å²) < 4.78 is 2.68. The Morgan fingerprint density at radius 1 is 1.31 bits per heavy atom. The molecular weight excluding hydrogens is 249 g/mol. The van der Waals surface area contributed by atoms with Crippen LogP contribution in [0.3, 0.4) is 0 Å². The zero-order valence-corrected chi connectivity index (χ0v) is 10.2. The molecule has 0 saturated heterocycles. The highest BCUT2D eigenvalue weighted by atomic mass is 35.5. The van der Waals surface area contributed by atoms with Gasteiger partial charge in [-0.2, -0.15) is 5.10 Å². The maximum atomic E-state index is 11.8. The predicted octanol–water partition coefficient (Wildman–Crippen LogP) is 2.19. The van der Waals surface area contributed by atoms with Crippen molar-refractivity contribution >= 4 is 23.2 Å². The number of hydrogen-bond acceptors (Lipinski definition) is 2. The molecule has 0 aliphatic rings. The van der Waals surface area contributed by atoms with Crippen molar-refractivity contribution in [1.29, 1.82) is 0 Å². The number of rotatable bonds is 1. The molecule has 0 radical (unpaired) electrons. The Morgan fingerprint density at radius 3 is 2.56 bits per heavy atom. The summed E-state index contributed by atoms with van der Waals surface area (Å²) in [5, 5.41) is 4.78. The first-order chi connectivity index (χ1) is 7.52. The van der Waals surface area contributed by atoms with Crippen LogP contribution in [-0.4, -0.2) is 14.3 Å². The first kappa shape index (κ1) is 11.2. The van der Waals surface area contributed by atoms with Crippen molar-refractivity contribution in [1.82, 2.24) is 14.3 Å². The monoisotopic (exact) mass is 257 g/mol. The molecule has 0 atom stereocenters. The molecule has 4 nitrogen and oxygen atoms in total. The van der Waals surface area contributed by atoms with E-state index in [0.717, 1.165) is 0 Å². The van der Waals surface area contributed by atoms with Crippen LogP contribution in [0.2, 0.25) is 10.0 Å². The van der Waals surface area contributed by atoms with Crippen LogP contribution in [0.15, 0.2) is 23.0 Å². The van der Waals surface area contributed by atoms with Crippen LogP contribution in [0, 0.1) is 6.92 Å². The molecule has 0 amide bonds. The number of halogens is 2. The van der Waals surface area contributed by atoms with Crippen LogP contribution < -0.4 is 5.69 Å². The van der Waals surface area contributed by atoms with E-state index < -0.39 is 0 Å². The Kier molecular flexibility index (Phi) is 2.78. The summed E-state index contributed by atoms with van der Waals surface area (Å²) in [5.41, 5.74) is 0.298. The van der Waals surface area contributed by atoms with Gasteiger partial charge in [-0.05, 0) is 19.1 Å². The summed E-state index contributed by atoms with van der Waals surface area (Å²) in [4.78, 5) is 11.8. The lowest BCUT2D eigenvalue weighted by Crippen LogP contribution is -2.22. The molecule has 1 heterocycles. The van der Waals surface area contributed by atoms with Crippen LogP contribution in [0.1, 0.15) is 5.82 Å². The largest absolute Gasteiger partial charge is 0.350 e. The second kappa shape index (κ2) is 3.96. The first-order valence-electron chi connectivity index (χ1n) is 4.59. The molecule has 0 unspecified atom stereocenters. The Balaban J connectivity index is 2.78. The van der Waals surface area contributed by atoms with E-state index in [1.54, 1.807) is 32.2 Å². The lowest BCUT2D eigenvalue weighted by Gasteiger charge is -2.06. The summed E-state index contributed by atoms with van der Waals surface area (Å²) in [6.45, 7) is 1.73. The molecule has 0 bridgehead atoms. The molecule has 0 saturated carbocycles. The smallest absolute Gasteiger partial charge is 0.246 e. The van der Waals surface area contributed by atoms with Crippen LogP contribution in [0.4, 0.5) is 0 Å². The minimum atomic E-state index is -0.248. The molecule has 1 aromatic carbocycles. The van der Waals surface area contributed by atoms with Crippen LogP contribution in [0.25, 0.3) is 5.69 Å². The highest BCUT2D eigenvalue weighted by Gasteiger charge is 2.13. The molecule has 1 aromatic heterocycles. The fourth-order valence-electron chi connectivity index (χ4n) is 1.53.